The number of hydrogen-bond acceptors (Lipinski definition) is 2. The molecule has 17 heavy (non-hydrogen) atoms. The van der Waals surface area contributed by atoms with Crippen LogP contribution in [0.5, 0.6) is 0 Å². The van der Waals surface area contributed by atoms with Gasteiger partial charge in [-0.2, -0.15) is 0 Å². The highest BCUT2D eigenvalue weighted by Gasteiger charge is 2.25. The summed E-state index contributed by atoms with van der Waals surface area (Å²) in [6, 6.07) is 0.319. The van der Waals surface area contributed by atoms with Gasteiger partial charge in [0.2, 0.25) is 0 Å². The molecule has 2 aliphatic rings. The second-order valence-corrected chi connectivity index (χ2v) is 5.20. The minimum absolute atomic E-state index is 0.158. The van der Waals surface area contributed by atoms with Crippen LogP contribution in [0.3, 0.4) is 0 Å². The molecule has 3 rings (SSSR count). The first kappa shape index (κ1) is 10.8. The third kappa shape index (κ3) is 1.75. The monoisotopic (exact) mass is 234 g/mol. The van der Waals surface area contributed by atoms with E-state index in [2.05, 4.69) is 4.98 Å². The molecule has 4 heteroatoms. The number of nitrogens with one attached hydrogen (secondary N) is 1. The lowest BCUT2D eigenvalue weighted by molar-refractivity contribution is 0.335. The molecule has 0 radical (unpaired) electrons. The van der Waals surface area contributed by atoms with Crippen LogP contribution in [-0.2, 0) is 12.8 Å². The summed E-state index contributed by atoms with van der Waals surface area (Å²) < 4.78 is 1.89. The topological polar surface area (TPSA) is 54.9 Å². The van der Waals surface area contributed by atoms with Crippen molar-refractivity contribution in [3.8, 4) is 0 Å². The van der Waals surface area contributed by atoms with Crippen LogP contribution in [-0.4, -0.2) is 9.55 Å². The van der Waals surface area contributed by atoms with Gasteiger partial charge < -0.3 is 0 Å². The lowest BCUT2D eigenvalue weighted by Gasteiger charge is -2.25. The predicted molar refractivity (Wildman–Crippen MR) is 65.5 cm³/mol. The van der Waals surface area contributed by atoms with Crippen LogP contribution in [0, 0.1) is 0 Å². The lowest BCUT2D eigenvalue weighted by atomic mass is 9.95. The number of hydrogen-bond donors (Lipinski definition) is 1. The molecular formula is C13H18N2O2. The van der Waals surface area contributed by atoms with Crippen LogP contribution < -0.4 is 11.2 Å². The molecule has 1 saturated carbocycles. The molecular weight excluding hydrogens is 216 g/mol. The van der Waals surface area contributed by atoms with E-state index in [1.165, 1.54) is 19.3 Å². The van der Waals surface area contributed by atoms with Crippen molar-refractivity contribution in [3.63, 3.8) is 0 Å². The zero-order valence-electron chi connectivity index (χ0n) is 10.00. The Hall–Kier alpha value is -1.32. The van der Waals surface area contributed by atoms with Gasteiger partial charge in [0.1, 0.15) is 0 Å². The van der Waals surface area contributed by atoms with E-state index in [4.69, 9.17) is 0 Å². The van der Waals surface area contributed by atoms with Crippen LogP contribution in [0.4, 0.5) is 0 Å². The van der Waals surface area contributed by atoms with Gasteiger partial charge in [0, 0.05) is 17.3 Å². The average Bonchev–Trinajstić information content (AvgIpc) is 2.79. The molecule has 0 unspecified atom stereocenters. The zero-order chi connectivity index (χ0) is 11.8. The van der Waals surface area contributed by atoms with Gasteiger partial charge in [-0.25, -0.2) is 4.79 Å². The smallest absolute Gasteiger partial charge is 0.294 e. The van der Waals surface area contributed by atoms with Crippen molar-refractivity contribution in [2.24, 2.45) is 0 Å². The van der Waals surface area contributed by atoms with E-state index < -0.39 is 0 Å². The Balaban J connectivity index is 2.12. The fourth-order valence-corrected chi connectivity index (χ4v) is 3.32. The minimum atomic E-state index is -0.192. The molecule has 0 aliphatic heterocycles. The van der Waals surface area contributed by atoms with E-state index in [9.17, 15) is 9.59 Å². The van der Waals surface area contributed by atoms with Crippen molar-refractivity contribution in [1.82, 2.24) is 9.55 Å². The molecule has 0 saturated heterocycles. The second kappa shape index (κ2) is 4.17. The lowest BCUT2D eigenvalue weighted by Crippen LogP contribution is -2.36. The molecule has 92 valence electrons. The van der Waals surface area contributed by atoms with Crippen molar-refractivity contribution >= 4 is 0 Å². The van der Waals surface area contributed by atoms with E-state index in [1.807, 2.05) is 4.57 Å². The molecule has 0 aromatic carbocycles. The Morgan fingerprint density at radius 3 is 2.53 bits per heavy atom. The summed E-state index contributed by atoms with van der Waals surface area (Å²) >= 11 is 0. The Morgan fingerprint density at radius 1 is 1.00 bits per heavy atom. The highest BCUT2D eigenvalue weighted by Crippen LogP contribution is 2.29. The van der Waals surface area contributed by atoms with E-state index in [1.54, 1.807) is 0 Å². The third-order valence-corrected chi connectivity index (χ3v) is 4.13. The van der Waals surface area contributed by atoms with Crippen molar-refractivity contribution in [1.29, 1.82) is 0 Å². The SMILES string of the molecule is O=c1[nH]c(=O)n(C2CCCCC2)c2c1CCC2. The molecule has 1 N–H and O–H groups in total. The number of fused-ring (bicyclic) bond motifs is 1. The van der Waals surface area contributed by atoms with Crippen LogP contribution in [0.1, 0.15) is 55.8 Å². The van der Waals surface area contributed by atoms with E-state index in [0.29, 0.717) is 6.04 Å². The molecule has 0 amide bonds. The van der Waals surface area contributed by atoms with Gasteiger partial charge in [-0.05, 0) is 32.1 Å². The highest BCUT2D eigenvalue weighted by atomic mass is 16.2. The normalized spacial score (nSPS) is 20.5. The number of aromatic nitrogens is 2. The van der Waals surface area contributed by atoms with Crippen molar-refractivity contribution < 1.29 is 0 Å². The fraction of sp³-hybridized carbons (Fsp3) is 0.692. The van der Waals surface area contributed by atoms with Crippen LogP contribution in [0.2, 0.25) is 0 Å². The summed E-state index contributed by atoms with van der Waals surface area (Å²) in [5.41, 5.74) is 1.53. The molecule has 0 bridgehead atoms. The molecule has 1 fully saturated rings. The largest absolute Gasteiger partial charge is 0.328 e. The first-order chi connectivity index (χ1) is 8.27. The molecule has 4 nitrogen and oxygen atoms in total. The Kier molecular flexibility index (Phi) is 2.65. The second-order valence-electron chi connectivity index (χ2n) is 5.20. The van der Waals surface area contributed by atoms with Crippen molar-refractivity contribution in [2.45, 2.75) is 57.4 Å². The fourth-order valence-electron chi connectivity index (χ4n) is 3.32. The predicted octanol–water partition coefficient (Wildman–Crippen LogP) is 1.53. The van der Waals surface area contributed by atoms with E-state index >= 15 is 0 Å². The molecule has 0 atom stereocenters. The number of H-pyrrole nitrogens is 1. The van der Waals surface area contributed by atoms with Crippen LogP contribution >= 0.6 is 0 Å². The summed E-state index contributed by atoms with van der Waals surface area (Å²) in [5, 5.41) is 0. The van der Waals surface area contributed by atoms with Gasteiger partial charge in [-0.1, -0.05) is 19.3 Å². The van der Waals surface area contributed by atoms with Gasteiger partial charge in [0.25, 0.3) is 5.56 Å². The maximum atomic E-state index is 12.0. The summed E-state index contributed by atoms with van der Waals surface area (Å²) in [4.78, 5) is 26.2. The molecule has 0 spiro atoms. The average molecular weight is 234 g/mol. The molecule has 1 aromatic heterocycles. The third-order valence-electron chi connectivity index (χ3n) is 4.13. The molecule has 2 aliphatic carbocycles. The van der Waals surface area contributed by atoms with Gasteiger partial charge in [-0.3, -0.25) is 14.3 Å². The van der Waals surface area contributed by atoms with Crippen molar-refractivity contribution in [3.05, 3.63) is 32.1 Å². The summed E-state index contributed by atoms with van der Waals surface area (Å²) in [7, 11) is 0. The van der Waals surface area contributed by atoms with Gasteiger partial charge in [0.15, 0.2) is 0 Å². The summed E-state index contributed by atoms with van der Waals surface area (Å²) in [6.45, 7) is 0. The Labute approximate surface area is 99.7 Å². The van der Waals surface area contributed by atoms with Gasteiger partial charge in [0.05, 0.1) is 0 Å². The minimum Gasteiger partial charge on any atom is -0.294 e. The standard InChI is InChI=1S/C13H18N2O2/c16-12-10-7-4-8-11(10)15(13(17)14-12)9-5-2-1-3-6-9/h9H,1-8H2,(H,14,16,17). The number of aromatic amines is 1. The van der Waals surface area contributed by atoms with E-state index in [0.717, 1.165) is 43.4 Å². The number of rotatable bonds is 1. The molecule has 1 aromatic rings. The highest BCUT2D eigenvalue weighted by molar-refractivity contribution is 5.23. The Bertz CT molecular complexity index is 535. The first-order valence-corrected chi connectivity index (χ1v) is 6.64. The van der Waals surface area contributed by atoms with Gasteiger partial charge >= 0.3 is 5.69 Å². The quantitative estimate of drug-likeness (QED) is 0.801. The molecule has 1 heterocycles. The van der Waals surface area contributed by atoms with Crippen LogP contribution in [0.25, 0.3) is 0 Å². The number of nitrogens with zero attached hydrogens (tertiary/aromatic N) is 1. The van der Waals surface area contributed by atoms with Crippen molar-refractivity contribution in [2.75, 3.05) is 0 Å². The summed E-state index contributed by atoms with van der Waals surface area (Å²) in [6.07, 6.45) is 8.57. The van der Waals surface area contributed by atoms with E-state index in [-0.39, 0.29) is 11.2 Å². The first-order valence-electron chi connectivity index (χ1n) is 6.64. The maximum absolute atomic E-state index is 12.0. The van der Waals surface area contributed by atoms with Crippen LogP contribution in [0.15, 0.2) is 9.59 Å². The van der Waals surface area contributed by atoms with Gasteiger partial charge in [-0.15, -0.1) is 0 Å². The summed E-state index contributed by atoms with van der Waals surface area (Å²) in [5.74, 6) is 0. The zero-order valence-corrected chi connectivity index (χ0v) is 10.00. The Morgan fingerprint density at radius 2 is 1.76 bits per heavy atom. The maximum Gasteiger partial charge on any atom is 0.328 e.